The molecule has 0 aliphatic carbocycles. The number of ether oxygens (including phenoxy) is 1. The minimum absolute atomic E-state index is 0.293. The first-order valence-electron chi connectivity index (χ1n) is 5.58. The van der Waals surface area contributed by atoms with Crippen LogP contribution in [0, 0.1) is 5.82 Å². The minimum atomic E-state index is -0.293. The average Bonchev–Trinajstić information content (AvgIpc) is 2.24. The molecule has 2 N–H and O–H groups in total. The number of hydrogen-bond donors (Lipinski definition) is 1. The van der Waals surface area contributed by atoms with Crippen molar-refractivity contribution in [2.45, 2.75) is 13.0 Å². The first-order valence-corrected chi connectivity index (χ1v) is 5.58. The first kappa shape index (κ1) is 11.7. The molecule has 92 valence electrons. The van der Waals surface area contributed by atoms with Gasteiger partial charge in [-0.05, 0) is 24.6 Å². The van der Waals surface area contributed by atoms with E-state index in [-0.39, 0.29) is 5.82 Å². The van der Waals surface area contributed by atoms with Crippen molar-refractivity contribution in [3.8, 4) is 5.75 Å². The smallest absolute Gasteiger partial charge is 0.191 e. The van der Waals surface area contributed by atoms with Crippen molar-refractivity contribution >= 4 is 5.96 Å². The second kappa shape index (κ2) is 5.03. The fourth-order valence-corrected chi connectivity index (χ4v) is 1.68. The number of benzene rings is 1. The molecule has 0 unspecified atom stereocenters. The van der Waals surface area contributed by atoms with Crippen LogP contribution < -0.4 is 10.5 Å². The van der Waals surface area contributed by atoms with Crippen molar-refractivity contribution in [3.05, 3.63) is 29.6 Å². The van der Waals surface area contributed by atoms with Crippen LogP contribution in [0.25, 0.3) is 0 Å². The predicted molar refractivity (Wildman–Crippen MR) is 64.5 cm³/mol. The lowest BCUT2D eigenvalue weighted by Crippen LogP contribution is -2.46. The van der Waals surface area contributed by atoms with E-state index in [2.05, 4.69) is 4.99 Å². The molecule has 0 saturated carbocycles. The van der Waals surface area contributed by atoms with Crippen molar-refractivity contribution in [3.63, 3.8) is 0 Å². The molecule has 1 aliphatic rings. The van der Waals surface area contributed by atoms with E-state index in [1.54, 1.807) is 13.2 Å². The normalized spacial score (nSPS) is 15.6. The fraction of sp³-hybridized carbons (Fsp3) is 0.417. The Morgan fingerprint density at radius 2 is 2.29 bits per heavy atom. The van der Waals surface area contributed by atoms with Gasteiger partial charge in [0, 0.05) is 18.7 Å². The average molecular weight is 237 g/mol. The minimum Gasteiger partial charge on any atom is -0.496 e. The molecule has 17 heavy (non-hydrogen) atoms. The fourth-order valence-electron chi connectivity index (χ4n) is 1.68. The Balaban J connectivity index is 2.09. The number of likely N-dealkylation sites (tertiary alicyclic amines) is 1. The molecular weight excluding hydrogens is 221 g/mol. The Labute approximate surface area is 99.9 Å². The van der Waals surface area contributed by atoms with Gasteiger partial charge in [-0.3, -0.25) is 0 Å². The molecule has 1 aromatic rings. The zero-order valence-electron chi connectivity index (χ0n) is 9.82. The van der Waals surface area contributed by atoms with E-state index in [1.807, 2.05) is 4.90 Å². The molecular formula is C12H16FN3O. The highest BCUT2D eigenvalue weighted by Crippen LogP contribution is 2.20. The molecule has 0 radical (unpaired) electrons. The molecule has 2 rings (SSSR count). The van der Waals surface area contributed by atoms with Gasteiger partial charge in [-0.15, -0.1) is 0 Å². The van der Waals surface area contributed by atoms with E-state index in [0.29, 0.717) is 23.8 Å². The van der Waals surface area contributed by atoms with Crippen LogP contribution in [0.3, 0.4) is 0 Å². The third kappa shape index (κ3) is 2.67. The van der Waals surface area contributed by atoms with E-state index in [0.717, 1.165) is 19.5 Å². The lowest BCUT2D eigenvalue weighted by atomic mass is 10.2. The van der Waals surface area contributed by atoms with Crippen LogP contribution in [-0.2, 0) is 6.54 Å². The van der Waals surface area contributed by atoms with Gasteiger partial charge < -0.3 is 15.4 Å². The summed E-state index contributed by atoms with van der Waals surface area (Å²) < 4.78 is 18.2. The number of hydrogen-bond acceptors (Lipinski definition) is 2. The zero-order valence-corrected chi connectivity index (χ0v) is 9.82. The van der Waals surface area contributed by atoms with Crippen LogP contribution >= 0.6 is 0 Å². The van der Waals surface area contributed by atoms with Gasteiger partial charge in [-0.25, -0.2) is 9.38 Å². The highest BCUT2D eigenvalue weighted by molar-refractivity contribution is 5.78. The van der Waals surface area contributed by atoms with Gasteiger partial charge in [-0.2, -0.15) is 0 Å². The number of halogens is 1. The molecule has 1 aromatic carbocycles. The Morgan fingerprint density at radius 3 is 2.88 bits per heavy atom. The van der Waals surface area contributed by atoms with Crippen LogP contribution in [0.5, 0.6) is 5.75 Å². The lowest BCUT2D eigenvalue weighted by molar-refractivity contribution is 0.295. The molecule has 0 spiro atoms. The van der Waals surface area contributed by atoms with Gasteiger partial charge in [0.2, 0.25) is 0 Å². The monoisotopic (exact) mass is 237 g/mol. The molecule has 0 amide bonds. The van der Waals surface area contributed by atoms with Gasteiger partial charge in [-0.1, -0.05) is 0 Å². The quantitative estimate of drug-likeness (QED) is 0.638. The Bertz CT molecular complexity index is 430. The second-order valence-electron chi connectivity index (χ2n) is 3.97. The molecule has 5 heteroatoms. The molecule has 0 atom stereocenters. The summed E-state index contributed by atoms with van der Waals surface area (Å²) in [6, 6.07) is 4.39. The first-order chi connectivity index (χ1) is 8.20. The Morgan fingerprint density at radius 1 is 1.53 bits per heavy atom. The highest BCUT2D eigenvalue weighted by Gasteiger charge is 2.15. The molecule has 4 nitrogen and oxygen atoms in total. The summed E-state index contributed by atoms with van der Waals surface area (Å²) in [5.41, 5.74) is 6.50. The van der Waals surface area contributed by atoms with Crippen LogP contribution in [0.15, 0.2) is 23.2 Å². The van der Waals surface area contributed by atoms with Crippen LogP contribution in [0.2, 0.25) is 0 Å². The van der Waals surface area contributed by atoms with E-state index >= 15 is 0 Å². The topological polar surface area (TPSA) is 50.9 Å². The van der Waals surface area contributed by atoms with Crippen molar-refractivity contribution in [1.82, 2.24) is 4.90 Å². The summed E-state index contributed by atoms with van der Waals surface area (Å²) in [5, 5.41) is 0. The number of aliphatic imine (C=N–C) groups is 1. The summed E-state index contributed by atoms with van der Waals surface area (Å²) in [6.07, 6.45) is 1.15. The second-order valence-corrected chi connectivity index (χ2v) is 3.97. The summed E-state index contributed by atoms with van der Waals surface area (Å²) >= 11 is 0. The summed E-state index contributed by atoms with van der Waals surface area (Å²) in [7, 11) is 1.55. The zero-order chi connectivity index (χ0) is 12.3. The lowest BCUT2D eigenvalue weighted by Gasteiger charge is -2.31. The summed E-state index contributed by atoms with van der Waals surface area (Å²) in [4.78, 5) is 6.23. The number of nitrogens with zero attached hydrogens (tertiary/aromatic N) is 2. The maximum absolute atomic E-state index is 13.1. The third-order valence-corrected chi connectivity index (χ3v) is 2.83. The van der Waals surface area contributed by atoms with Crippen LogP contribution in [-0.4, -0.2) is 31.1 Å². The maximum Gasteiger partial charge on any atom is 0.191 e. The molecule has 1 aliphatic heterocycles. The van der Waals surface area contributed by atoms with Gasteiger partial charge >= 0.3 is 0 Å². The van der Waals surface area contributed by atoms with Crippen molar-refractivity contribution in [2.24, 2.45) is 10.7 Å². The molecule has 1 saturated heterocycles. The largest absolute Gasteiger partial charge is 0.496 e. The molecule has 0 aromatic heterocycles. The molecule has 1 heterocycles. The van der Waals surface area contributed by atoms with Gasteiger partial charge in [0.05, 0.1) is 13.7 Å². The maximum atomic E-state index is 13.1. The number of guanidine groups is 1. The standard InChI is InChI=1S/C12H16FN3O/c1-17-11-4-3-10(13)7-9(11)8-15-12(14)16-5-2-6-16/h3-4,7H,2,5-6,8H2,1H3,(H2,14,15). The highest BCUT2D eigenvalue weighted by atomic mass is 19.1. The third-order valence-electron chi connectivity index (χ3n) is 2.83. The molecule has 0 bridgehead atoms. The van der Waals surface area contributed by atoms with E-state index in [9.17, 15) is 4.39 Å². The van der Waals surface area contributed by atoms with E-state index < -0.39 is 0 Å². The van der Waals surface area contributed by atoms with Crippen molar-refractivity contribution < 1.29 is 9.13 Å². The summed E-state index contributed by atoms with van der Waals surface area (Å²) in [5.74, 6) is 0.854. The number of methoxy groups -OCH3 is 1. The summed E-state index contributed by atoms with van der Waals surface area (Å²) in [6.45, 7) is 2.24. The SMILES string of the molecule is COc1ccc(F)cc1CN=C(N)N1CCC1. The number of rotatable bonds is 3. The number of nitrogens with two attached hydrogens (primary N) is 1. The van der Waals surface area contributed by atoms with Crippen molar-refractivity contribution in [1.29, 1.82) is 0 Å². The van der Waals surface area contributed by atoms with Crippen LogP contribution in [0.1, 0.15) is 12.0 Å². The Hall–Kier alpha value is -1.78. The van der Waals surface area contributed by atoms with E-state index in [4.69, 9.17) is 10.5 Å². The van der Waals surface area contributed by atoms with Gasteiger partial charge in [0.25, 0.3) is 0 Å². The predicted octanol–water partition coefficient (Wildman–Crippen LogP) is 1.35. The van der Waals surface area contributed by atoms with E-state index in [1.165, 1.54) is 12.1 Å². The van der Waals surface area contributed by atoms with Crippen molar-refractivity contribution in [2.75, 3.05) is 20.2 Å². The molecule has 1 fully saturated rings. The van der Waals surface area contributed by atoms with Gasteiger partial charge in [0.1, 0.15) is 11.6 Å². The van der Waals surface area contributed by atoms with Crippen LogP contribution in [0.4, 0.5) is 4.39 Å². The Kier molecular flexibility index (Phi) is 3.46. The van der Waals surface area contributed by atoms with Gasteiger partial charge in [0.15, 0.2) is 5.96 Å².